The molecule has 2 aromatic rings. The van der Waals surface area contributed by atoms with Crippen molar-refractivity contribution in [1.82, 2.24) is 9.97 Å². The zero-order valence-electron chi connectivity index (χ0n) is 13.5. The van der Waals surface area contributed by atoms with Crippen LogP contribution in [0, 0.1) is 13.8 Å². The number of hydrogen-bond acceptors (Lipinski definition) is 7. The first kappa shape index (κ1) is 16.6. The quantitative estimate of drug-likeness (QED) is 0.851. The van der Waals surface area contributed by atoms with E-state index in [-0.39, 0.29) is 18.6 Å². The lowest BCUT2D eigenvalue weighted by molar-refractivity contribution is 0.0605. The molecule has 2 aromatic heterocycles. The average Bonchev–Trinajstić information content (AvgIpc) is 2.79. The van der Waals surface area contributed by atoms with Gasteiger partial charge in [-0.2, -0.15) is 0 Å². The second-order valence-corrected chi connectivity index (χ2v) is 6.33. The Labute approximate surface area is 133 Å². The summed E-state index contributed by atoms with van der Waals surface area (Å²) in [6, 6.07) is 0.172. The van der Waals surface area contributed by atoms with E-state index in [9.17, 15) is 9.90 Å². The van der Waals surface area contributed by atoms with Gasteiger partial charge in [0.1, 0.15) is 21.3 Å². The largest absolute Gasteiger partial charge is 0.465 e. The summed E-state index contributed by atoms with van der Waals surface area (Å²) in [5.41, 5.74) is 0.824. The maximum Gasteiger partial charge on any atom is 0.348 e. The number of methoxy groups -OCH3 is 1. The molecule has 1 N–H and O–H groups in total. The summed E-state index contributed by atoms with van der Waals surface area (Å²) in [5.74, 6) is 1.04. The van der Waals surface area contributed by atoms with Crippen molar-refractivity contribution < 1.29 is 14.6 Å². The SMILES string of the molecule is COC(=O)c1sc2nc(C)nc(N(CCO)C(C)C)c2c1C. The summed E-state index contributed by atoms with van der Waals surface area (Å²) in [5, 5.41) is 10.2. The number of ether oxygens (including phenoxy) is 1. The molecule has 0 amide bonds. The van der Waals surface area contributed by atoms with Crippen LogP contribution in [0.2, 0.25) is 0 Å². The minimum absolute atomic E-state index is 0.0375. The molecular formula is C15H21N3O3S. The van der Waals surface area contributed by atoms with Crippen molar-refractivity contribution >= 4 is 33.3 Å². The highest BCUT2D eigenvalue weighted by molar-refractivity contribution is 7.20. The van der Waals surface area contributed by atoms with Crippen molar-refractivity contribution in [3.63, 3.8) is 0 Å². The van der Waals surface area contributed by atoms with Gasteiger partial charge < -0.3 is 14.7 Å². The van der Waals surface area contributed by atoms with Crippen LogP contribution in [0.15, 0.2) is 0 Å². The van der Waals surface area contributed by atoms with E-state index in [0.717, 1.165) is 21.6 Å². The number of fused-ring (bicyclic) bond motifs is 1. The fraction of sp³-hybridized carbons (Fsp3) is 0.533. The number of aromatic nitrogens is 2. The van der Waals surface area contributed by atoms with Gasteiger partial charge in [-0.3, -0.25) is 0 Å². The molecule has 0 atom stereocenters. The van der Waals surface area contributed by atoms with Crippen molar-refractivity contribution in [2.75, 3.05) is 25.2 Å². The van der Waals surface area contributed by atoms with Crippen LogP contribution >= 0.6 is 11.3 Å². The first-order valence-electron chi connectivity index (χ1n) is 7.14. The summed E-state index contributed by atoms with van der Waals surface area (Å²) in [7, 11) is 1.37. The maximum atomic E-state index is 11.9. The number of aryl methyl sites for hydroxylation is 2. The van der Waals surface area contributed by atoms with Gasteiger partial charge in [0.2, 0.25) is 0 Å². The Hall–Kier alpha value is -1.73. The molecule has 22 heavy (non-hydrogen) atoms. The molecule has 0 spiro atoms. The van der Waals surface area contributed by atoms with Crippen LogP contribution in [0.4, 0.5) is 5.82 Å². The van der Waals surface area contributed by atoms with Gasteiger partial charge in [-0.25, -0.2) is 14.8 Å². The molecule has 120 valence electrons. The molecule has 0 saturated heterocycles. The van der Waals surface area contributed by atoms with Gasteiger partial charge >= 0.3 is 5.97 Å². The Morgan fingerprint density at radius 2 is 2.05 bits per heavy atom. The van der Waals surface area contributed by atoms with E-state index in [1.54, 1.807) is 0 Å². The lowest BCUT2D eigenvalue weighted by Gasteiger charge is -2.28. The monoisotopic (exact) mass is 323 g/mol. The number of thiophene rings is 1. The van der Waals surface area contributed by atoms with Crippen molar-refractivity contribution in [3.8, 4) is 0 Å². The smallest absolute Gasteiger partial charge is 0.348 e. The Balaban J connectivity index is 2.72. The van der Waals surface area contributed by atoms with Crippen molar-refractivity contribution in [3.05, 3.63) is 16.3 Å². The number of anilines is 1. The first-order valence-corrected chi connectivity index (χ1v) is 7.95. The molecule has 0 unspecified atom stereocenters. The van der Waals surface area contributed by atoms with Crippen molar-refractivity contribution in [1.29, 1.82) is 0 Å². The zero-order valence-corrected chi connectivity index (χ0v) is 14.3. The fourth-order valence-electron chi connectivity index (χ4n) is 2.43. The van der Waals surface area contributed by atoms with Crippen molar-refractivity contribution in [2.24, 2.45) is 0 Å². The summed E-state index contributed by atoms with van der Waals surface area (Å²) in [6.45, 7) is 8.31. The number of rotatable bonds is 5. The number of aliphatic hydroxyl groups excluding tert-OH is 1. The number of nitrogens with zero attached hydrogens (tertiary/aromatic N) is 3. The molecular weight excluding hydrogens is 302 g/mol. The lowest BCUT2D eigenvalue weighted by Crippen LogP contribution is -2.34. The van der Waals surface area contributed by atoms with Gasteiger partial charge in [0.15, 0.2) is 0 Å². The molecule has 0 bridgehead atoms. The Morgan fingerprint density at radius 1 is 1.36 bits per heavy atom. The van der Waals surface area contributed by atoms with Crippen LogP contribution in [0.25, 0.3) is 10.2 Å². The van der Waals surface area contributed by atoms with Gasteiger partial charge in [0, 0.05) is 12.6 Å². The first-order chi connectivity index (χ1) is 10.4. The van der Waals surface area contributed by atoms with E-state index in [2.05, 4.69) is 9.97 Å². The van der Waals surface area contributed by atoms with Gasteiger partial charge in [-0.1, -0.05) is 0 Å². The number of aliphatic hydroxyl groups is 1. The normalized spacial score (nSPS) is 11.2. The van der Waals surface area contributed by atoms with E-state index in [1.165, 1.54) is 18.4 Å². The molecule has 2 heterocycles. The molecule has 6 nitrogen and oxygen atoms in total. The number of hydrogen-bond donors (Lipinski definition) is 1. The minimum atomic E-state index is -0.359. The van der Waals surface area contributed by atoms with E-state index in [4.69, 9.17) is 4.74 Å². The van der Waals surface area contributed by atoms with Gasteiger partial charge in [0.05, 0.1) is 19.1 Å². The van der Waals surface area contributed by atoms with Crippen LogP contribution in [0.3, 0.4) is 0 Å². The standard InChI is InChI=1S/C15H21N3O3S/c1-8(2)18(6-7-19)13-11-9(3)12(15(20)21-5)22-14(11)17-10(4)16-13/h8,19H,6-7H2,1-5H3. The van der Waals surface area contributed by atoms with Crippen LogP contribution in [0.5, 0.6) is 0 Å². The van der Waals surface area contributed by atoms with Crippen molar-refractivity contribution in [2.45, 2.75) is 33.7 Å². The maximum absolute atomic E-state index is 11.9. The summed E-state index contributed by atoms with van der Waals surface area (Å²) >= 11 is 1.32. The molecule has 0 saturated carbocycles. The van der Waals surface area contributed by atoms with E-state index < -0.39 is 0 Å². The highest BCUT2D eigenvalue weighted by Gasteiger charge is 2.23. The molecule has 0 aliphatic rings. The van der Waals surface area contributed by atoms with Gasteiger partial charge in [0.25, 0.3) is 0 Å². The van der Waals surface area contributed by atoms with Gasteiger partial charge in [-0.15, -0.1) is 11.3 Å². The highest BCUT2D eigenvalue weighted by Crippen LogP contribution is 2.36. The third-order valence-corrected chi connectivity index (χ3v) is 4.66. The molecule has 0 radical (unpaired) electrons. The number of carbonyl (C=O) groups excluding carboxylic acids is 1. The van der Waals surface area contributed by atoms with Crippen LogP contribution < -0.4 is 4.90 Å². The predicted molar refractivity (Wildman–Crippen MR) is 87.8 cm³/mol. The fourth-order valence-corrected chi connectivity index (χ4v) is 3.57. The summed E-state index contributed by atoms with van der Waals surface area (Å²) < 4.78 is 4.84. The number of esters is 1. The Morgan fingerprint density at radius 3 is 2.59 bits per heavy atom. The minimum Gasteiger partial charge on any atom is -0.465 e. The van der Waals surface area contributed by atoms with Crippen LogP contribution in [-0.4, -0.2) is 47.3 Å². The van der Waals surface area contributed by atoms with E-state index in [0.29, 0.717) is 17.2 Å². The van der Waals surface area contributed by atoms with Gasteiger partial charge in [-0.05, 0) is 33.3 Å². The molecule has 0 fully saturated rings. The average molecular weight is 323 g/mol. The van der Waals surface area contributed by atoms with Crippen LogP contribution in [-0.2, 0) is 4.74 Å². The van der Waals surface area contributed by atoms with Crippen LogP contribution in [0.1, 0.15) is 34.9 Å². The third-order valence-electron chi connectivity index (χ3n) is 3.49. The Kier molecular flexibility index (Phi) is 4.97. The second kappa shape index (κ2) is 6.58. The molecule has 0 aliphatic heterocycles. The molecule has 0 aliphatic carbocycles. The topological polar surface area (TPSA) is 75.5 Å². The number of carbonyl (C=O) groups is 1. The summed E-state index contributed by atoms with van der Waals surface area (Å²) in [4.78, 5) is 24.3. The molecule has 2 rings (SSSR count). The van der Waals surface area contributed by atoms with E-state index in [1.807, 2.05) is 32.6 Å². The second-order valence-electron chi connectivity index (χ2n) is 5.33. The van der Waals surface area contributed by atoms with E-state index >= 15 is 0 Å². The predicted octanol–water partition coefficient (Wildman–Crippen LogP) is 2.30. The third kappa shape index (κ3) is 2.91. The highest BCUT2D eigenvalue weighted by atomic mass is 32.1. The summed E-state index contributed by atoms with van der Waals surface area (Å²) in [6.07, 6.45) is 0. The molecule has 7 heteroatoms. The zero-order chi connectivity index (χ0) is 16.4. The lowest BCUT2D eigenvalue weighted by atomic mass is 10.1. The molecule has 0 aromatic carbocycles. The Bertz CT molecular complexity index is 697.